The SMILES string of the molecule is CC(=O)NCCc1ccc(C(=O)COC(=O)c2cc3c(s2)CC[C@H](C)C3)cc1. The first-order valence-electron chi connectivity index (χ1n) is 9.57. The highest BCUT2D eigenvalue weighted by molar-refractivity contribution is 7.14. The molecule has 1 aliphatic carbocycles. The average Bonchev–Trinajstić information content (AvgIpc) is 3.09. The van der Waals surface area contributed by atoms with Crippen molar-refractivity contribution >= 4 is 29.0 Å². The van der Waals surface area contributed by atoms with Gasteiger partial charge in [0.25, 0.3) is 0 Å². The zero-order valence-electron chi connectivity index (χ0n) is 16.2. The number of hydrogen-bond donors (Lipinski definition) is 1. The minimum absolute atomic E-state index is 0.0604. The summed E-state index contributed by atoms with van der Waals surface area (Å²) in [4.78, 5) is 37.3. The molecule has 1 N–H and O–H groups in total. The molecule has 0 radical (unpaired) electrons. The van der Waals surface area contributed by atoms with Crippen LogP contribution in [-0.2, 0) is 28.8 Å². The Kier molecular flexibility index (Phi) is 6.62. The van der Waals surface area contributed by atoms with E-state index in [9.17, 15) is 14.4 Å². The second-order valence-corrected chi connectivity index (χ2v) is 8.47. The van der Waals surface area contributed by atoms with Crippen LogP contribution in [-0.4, -0.2) is 30.8 Å². The number of nitrogens with one attached hydrogen (secondary N) is 1. The molecule has 0 saturated carbocycles. The van der Waals surface area contributed by atoms with Gasteiger partial charge in [-0.05, 0) is 48.8 Å². The number of fused-ring (bicyclic) bond motifs is 1. The molecule has 0 bridgehead atoms. The molecular formula is C22H25NO4S. The lowest BCUT2D eigenvalue weighted by molar-refractivity contribution is -0.118. The molecule has 0 spiro atoms. The van der Waals surface area contributed by atoms with E-state index in [0.29, 0.717) is 29.3 Å². The topological polar surface area (TPSA) is 72.5 Å². The van der Waals surface area contributed by atoms with E-state index in [2.05, 4.69) is 12.2 Å². The number of amides is 1. The van der Waals surface area contributed by atoms with E-state index in [1.807, 2.05) is 18.2 Å². The highest BCUT2D eigenvalue weighted by Gasteiger charge is 2.22. The zero-order chi connectivity index (χ0) is 20.1. The average molecular weight is 400 g/mol. The van der Waals surface area contributed by atoms with Crippen LogP contribution in [0.25, 0.3) is 0 Å². The van der Waals surface area contributed by atoms with Crippen LogP contribution in [0.5, 0.6) is 0 Å². The van der Waals surface area contributed by atoms with Crippen LogP contribution in [0.3, 0.4) is 0 Å². The Bertz CT molecular complexity index is 869. The number of ketones is 1. The summed E-state index contributed by atoms with van der Waals surface area (Å²) in [5.74, 6) is -0.0625. The van der Waals surface area contributed by atoms with Crippen LogP contribution in [0, 0.1) is 5.92 Å². The van der Waals surface area contributed by atoms with Gasteiger partial charge in [0.1, 0.15) is 4.88 Å². The third kappa shape index (κ3) is 5.29. The predicted molar refractivity (Wildman–Crippen MR) is 109 cm³/mol. The van der Waals surface area contributed by atoms with Crippen LogP contribution in [0.15, 0.2) is 30.3 Å². The third-order valence-corrected chi connectivity index (χ3v) is 6.15. The maximum absolute atomic E-state index is 12.3. The molecule has 28 heavy (non-hydrogen) atoms. The molecule has 0 aliphatic heterocycles. The molecule has 0 saturated heterocycles. The summed E-state index contributed by atoms with van der Waals surface area (Å²) < 4.78 is 5.24. The molecular weight excluding hydrogens is 374 g/mol. The lowest BCUT2D eigenvalue weighted by Gasteiger charge is -2.16. The molecule has 0 fully saturated rings. The number of esters is 1. The van der Waals surface area contributed by atoms with Gasteiger partial charge in [-0.15, -0.1) is 11.3 Å². The lowest BCUT2D eigenvalue weighted by atomic mass is 9.90. The van der Waals surface area contributed by atoms with Gasteiger partial charge in [0.15, 0.2) is 12.4 Å². The fourth-order valence-electron chi connectivity index (χ4n) is 3.33. The van der Waals surface area contributed by atoms with Gasteiger partial charge in [-0.1, -0.05) is 31.2 Å². The van der Waals surface area contributed by atoms with Crippen LogP contribution < -0.4 is 5.32 Å². The van der Waals surface area contributed by atoms with E-state index < -0.39 is 5.97 Å². The van der Waals surface area contributed by atoms with Gasteiger partial charge < -0.3 is 10.1 Å². The van der Waals surface area contributed by atoms with Crippen molar-refractivity contribution in [3.8, 4) is 0 Å². The molecule has 1 aromatic heterocycles. The van der Waals surface area contributed by atoms with Crippen molar-refractivity contribution < 1.29 is 19.1 Å². The van der Waals surface area contributed by atoms with Gasteiger partial charge >= 0.3 is 5.97 Å². The van der Waals surface area contributed by atoms with Crippen molar-refractivity contribution in [2.45, 2.75) is 39.5 Å². The minimum atomic E-state index is -0.424. The molecule has 1 atom stereocenters. The van der Waals surface area contributed by atoms with E-state index in [1.54, 1.807) is 12.1 Å². The number of carbonyl (C=O) groups is 3. The molecule has 1 aliphatic rings. The molecule has 1 heterocycles. The quantitative estimate of drug-likeness (QED) is 0.570. The number of aryl methyl sites for hydroxylation is 1. The summed E-state index contributed by atoms with van der Waals surface area (Å²) in [5, 5.41) is 2.74. The summed E-state index contributed by atoms with van der Waals surface area (Å²) in [5.41, 5.74) is 2.79. The Morgan fingerprint density at radius 1 is 1.21 bits per heavy atom. The van der Waals surface area contributed by atoms with Crippen molar-refractivity contribution in [2.75, 3.05) is 13.2 Å². The molecule has 148 valence electrons. The Hall–Kier alpha value is -2.47. The predicted octanol–water partition coefficient (Wildman–Crippen LogP) is 3.59. The van der Waals surface area contributed by atoms with Crippen molar-refractivity contribution in [3.05, 3.63) is 56.8 Å². The molecule has 0 unspecified atom stereocenters. The van der Waals surface area contributed by atoms with E-state index in [0.717, 1.165) is 24.8 Å². The van der Waals surface area contributed by atoms with Crippen molar-refractivity contribution in [3.63, 3.8) is 0 Å². The Labute approximate surface area is 169 Å². The molecule has 1 aromatic carbocycles. The standard InChI is InChI=1S/C22H25NO4S/c1-14-3-8-20-18(11-14)12-21(28-20)22(26)27-13-19(25)17-6-4-16(5-7-17)9-10-23-15(2)24/h4-7,12,14H,3,8-11,13H2,1-2H3,(H,23,24)/t14-/m0/s1. The zero-order valence-corrected chi connectivity index (χ0v) is 17.1. The Balaban J connectivity index is 1.51. The highest BCUT2D eigenvalue weighted by Crippen LogP contribution is 2.32. The van der Waals surface area contributed by atoms with Gasteiger partial charge in [0.05, 0.1) is 0 Å². The maximum Gasteiger partial charge on any atom is 0.348 e. The number of carbonyl (C=O) groups excluding carboxylic acids is 3. The number of ether oxygens (including phenoxy) is 1. The van der Waals surface area contributed by atoms with Crippen LogP contribution in [0.4, 0.5) is 0 Å². The van der Waals surface area contributed by atoms with Crippen LogP contribution in [0.2, 0.25) is 0 Å². The second kappa shape index (κ2) is 9.15. The minimum Gasteiger partial charge on any atom is -0.453 e. The first-order chi connectivity index (χ1) is 13.4. The highest BCUT2D eigenvalue weighted by atomic mass is 32.1. The number of benzene rings is 1. The number of thiophene rings is 1. The second-order valence-electron chi connectivity index (χ2n) is 7.34. The number of hydrogen-bond acceptors (Lipinski definition) is 5. The summed E-state index contributed by atoms with van der Waals surface area (Å²) >= 11 is 1.49. The smallest absolute Gasteiger partial charge is 0.348 e. The largest absolute Gasteiger partial charge is 0.453 e. The molecule has 1 amide bonds. The van der Waals surface area contributed by atoms with E-state index >= 15 is 0 Å². The fraction of sp³-hybridized carbons (Fsp3) is 0.409. The van der Waals surface area contributed by atoms with Gasteiger partial charge in [-0.25, -0.2) is 4.79 Å². The van der Waals surface area contributed by atoms with Gasteiger partial charge in [-0.2, -0.15) is 0 Å². The number of Topliss-reactive ketones (excluding diaryl/α,β-unsaturated/α-hetero) is 1. The van der Waals surface area contributed by atoms with Crippen molar-refractivity contribution in [2.24, 2.45) is 5.92 Å². The van der Waals surface area contributed by atoms with Gasteiger partial charge in [-0.3, -0.25) is 9.59 Å². The van der Waals surface area contributed by atoms with Crippen LogP contribution >= 0.6 is 11.3 Å². The number of rotatable bonds is 7. The Morgan fingerprint density at radius 3 is 2.68 bits per heavy atom. The van der Waals surface area contributed by atoms with E-state index in [-0.39, 0.29) is 18.3 Å². The summed E-state index contributed by atoms with van der Waals surface area (Å²) in [6, 6.07) is 9.08. The monoisotopic (exact) mass is 399 g/mol. The first-order valence-corrected chi connectivity index (χ1v) is 10.4. The molecule has 2 aromatic rings. The summed E-state index contributed by atoms with van der Waals surface area (Å²) in [6.07, 6.45) is 3.87. The van der Waals surface area contributed by atoms with Crippen LogP contribution in [0.1, 0.15) is 56.3 Å². The molecule has 6 heteroatoms. The molecule has 3 rings (SSSR count). The third-order valence-electron chi connectivity index (χ3n) is 4.93. The van der Waals surface area contributed by atoms with E-state index in [4.69, 9.17) is 4.74 Å². The molecule has 5 nitrogen and oxygen atoms in total. The Morgan fingerprint density at radius 2 is 1.96 bits per heavy atom. The maximum atomic E-state index is 12.3. The lowest BCUT2D eigenvalue weighted by Crippen LogP contribution is -2.22. The van der Waals surface area contributed by atoms with Gasteiger partial charge in [0, 0.05) is 23.9 Å². The normalized spacial score (nSPS) is 15.6. The van der Waals surface area contributed by atoms with Gasteiger partial charge in [0.2, 0.25) is 5.91 Å². The van der Waals surface area contributed by atoms with E-state index in [1.165, 1.54) is 28.7 Å². The fourth-order valence-corrected chi connectivity index (χ4v) is 4.43. The van der Waals surface area contributed by atoms with Crippen molar-refractivity contribution in [1.82, 2.24) is 5.32 Å². The first kappa shape index (κ1) is 20.3. The summed E-state index contributed by atoms with van der Waals surface area (Å²) in [7, 11) is 0. The summed E-state index contributed by atoms with van der Waals surface area (Å²) in [6.45, 7) is 4.00. The van der Waals surface area contributed by atoms with Crippen molar-refractivity contribution in [1.29, 1.82) is 0 Å².